The number of halogens is 12. The van der Waals surface area contributed by atoms with Crippen LogP contribution in [-0.4, -0.2) is 18.2 Å². The molecule has 0 aromatic heterocycles. The van der Waals surface area contributed by atoms with Gasteiger partial charge in [-0.25, -0.2) is 0 Å². The van der Waals surface area contributed by atoms with Crippen molar-refractivity contribution < 1.29 is 56.9 Å². The number of nitriles is 2. The summed E-state index contributed by atoms with van der Waals surface area (Å²) in [7, 11) is -2.38. The van der Waals surface area contributed by atoms with Crippen LogP contribution in [0, 0.1) is 33.8 Å². The fraction of sp³-hybridized carbons (Fsp3) is 0.143. The first-order chi connectivity index (χ1) is 27.4. The molecule has 59 heavy (non-hydrogen) atoms. The molecule has 0 amide bonds. The van der Waals surface area contributed by atoms with Gasteiger partial charge in [0.2, 0.25) is 0 Å². The third-order valence-corrected chi connectivity index (χ3v) is 10.3. The highest BCUT2D eigenvalue weighted by atomic mass is 32.2. The molecule has 0 aliphatic carbocycles. The van der Waals surface area contributed by atoms with Crippen LogP contribution in [-0.2, 0) is 38.8 Å². The van der Waals surface area contributed by atoms with Gasteiger partial charge in [0.05, 0.1) is 22.3 Å². The van der Waals surface area contributed by atoms with Crippen molar-refractivity contribution >= 4 is 37.9 Å². The summed E-state index contributed by atoms with van der Waals surface area (Å²) in [5, 5.41) is 19.8. The lowest BCUT2D eigenvalue weighted by Crippen LogP contribution is -2.74. The third kappa shape index (κ3) is 11.5. The van der Waals surface area contributed by atoms with E-state index in [9.17, 15) is 56.9 Å². The minimum atomic E-state index is -4.77. The Kier molecular flexibility index (Phi) is 13.6. The van der Waals surface area contributed by atoms with E-state index in [-0.39, 0.29) is 33.2 Å². The predicted octanol–water partition coefficient (Wildman–Crippen LogP) is 9.24. The van der Waals surface area contributed by atoms with E-state index in [2.05, 4.69) is 11.2 Å². The van der Waals surface area contributed by atoms with E-state index in [1.165, 1.54) is 12.3 Å². The van der Waals surface area contributed by atoms with Crippen LogP contribution >= 0.6 is 0 Å². The van der Waals surface area contributed by atoms with E-state index >= 15 is 0 Å². The van der Waals surface area contributed by atoms with Gasteiger partial charge >= 0.3 is 24.7 Å². The van der Waals surface area contributed by atoms with Crippen molar-refractivity contribution in [2.45, 2.75) is 24.7 Å². The number of hydrogen-bond acceptors (Lipinski definition) is 3. The molecule has 5 rings (SSSR count). The molecule has 0 fully saturated rings. The molecule has 17 heteroatoms. The zero-order valence-corrected chi connectivity index (χ0v) is 31.0. The molecule has 5 aromatic carbocycles. The van der Waals surface area contributed by atoms with Crippen molar-refractivity contribution in [3.63, 3.8) is 0 Å². The zero-order chi connectivity index (χ0) is 43.9. The van der Waals surface area contributed by atoms with Crippen LogP contribution in [0.25, 0.3) is 0 Å². The summed E-state index contributed by atoms with van der Waals surface area (Å²) >= 11 is 0. The molecule has 0 bridgehead atoms. The number of hydrogen-bond donors (Lipinski definition) is 0. The van der Waals surface area contributed by atoms with E-state index in [0.717, 1.165) is 54.1 Å². The van der Waals surface area contributed by atoms with E-state index in [0.29, 0.717) is 48.5 Å². The zero-order valence-electron chi connectivity index (χ0n) is 30.2. The Morgan fingerprint density at radius 3 is 1.07 bits per heavy atom. The second-order valence-corrected chi connectivity index (χ2v) is 15.5. The van der Waals surface area contributed by atoms with Gasteiger partial charge in [0.25, 0.3) is 0 Å². The van der Waals surface area contributed by atoms with Crippen molar-refractivity contribution in [1.29, 1.82) is 10.5 Å². The van der Waals surface area contributed by atoms with Crippen LogP contribution in [0.3, 0.4) is 0 Å². The van der Waals surface area contributed by atoms with Gasteiger partial charge < -0.3 is 0 Å². The lowest BCUT2D eigenvalue weighted by atomic mass is 9.13. The third-order valence-electron chi connectivity index (χ3n) is 8.98. The molecule has 0 aliphatic heterocycles. The van der Waals surface area contributed by atoms with Crippen molar-refractivity contribution in [1.82, 2.24) is 0 Å². The van der Waals surface area contributed by atoms with Gasteiger partial charge in [0, 0.05) is 5.56 Å². The molecule has 0 saturated carbocycles. The van der Waals surface area contributed by atoms with Gasteiger partial charge in [0.15, 0.2) is 15.2 Å². The Hall–Kier alpha value is -6.25. The number of allylic oxidation sites excluding steroid dienone is 1. The fourth-order valence-corrected chi connectivity index (χ4v) is 6.99. The summed E-state index contributed by atoms with van der Waals surface area (Å²) in [4.78, 5) is 0. The number of benzene rings is 5. The highest BCUT2D eigenvalue weighted by Crippen LogP contribution is 2.32. The molecule has 304 valence electrons. The lowest BCUT2D eigenvalue weighted by molar-refractivity contribution is -0.138. The summed E-state index contributed by atoms with van der Waals surface area (Å²) in [5.41, 5.74) is -3.54. The van der Waals surface area contributed by atoms with Gasteiger partial charge in [-0.3, -0.25) is 0 Å². The number of alkyl halides is 12. The molecule has 0 saturated heterocycles. The molecule has 5 aromatic rings. The van der Waals surface area contributed by atoms with Crippen molar-refractivity contribution in [2.24, 2.45) is 0 Å². The Balaban J connectivity index is 0.000000358. The largest absolute Gasteiger partial charge is 0.416 e. The normalized spacial score (nSPS) is 12.9. The minimum Gasteiger partial charge on any atom is -0.195 e. The summed E-state index contributed by atoms with van der Waals surface area (Å²) in [6.45, 7) is 0. The average molecular weight is 847 g/mol. The Morgan fingerprint density at radius 1 is 0.525 bits per heavy atom. The van der Waals surface area contributed by atoms with Crippen LogP contribution in [0.2, 0.25) is 0 Å². The second kappa shape index (κ2) is 17.7. The van der Waals surface area contributed by atoms with Crippen LogP contribution in [0.5, 0.6) is 0 Å². The molecule has 0 aliphatic rings. The van der Waals surface area contributed by atoms with Crippen LogP contribution in [0.15, 0.2) is 139 Å². The van der Waals surface area contributed by atoms with E-state index < -0.39 is 63.0 Å². The summed E-state index contributed by atoms with van der Waals surface area (Å²) < 4.78 is 172. The molecule has 0 spiro atoms. The SMILES string of the molecule is C[S+](=O)(C#Cc1ccccc1)CC=C(C#N)C#N.FC(F)(F)c1ccc([B-](c2ccc(C(F)(F)F)cc2)(c2ccc(C(F)(F)F)cc2)c2ccc(C(F)(F)F)cc2)cc1. The van der Waals surface area contributed by atoms with Gasteiger partial charge in [-0.05, 0) is 24.1 Å². The van der Waals surface area contributed by atoms with Crippen molar-refractivity contribution in [3.8, 4) is 23.3 Å². The smallest absolute Gasteiger partial charge is 0.195 e. The first-order valence-corrected chi connectivity index (χ1v) is 19.0. The molecule has 0 radical (unpaired) electrons. The van der Waals surface area contributed by atoms with Crippen molar-refractivity contribution in [3.05, 3.63) is 167 Å². The fourth-order valence-electron chi connectivity index (χ4n) is 6.09. The van der Waals surface area contributed by atoms with Gasteiger partial charge in [-0.1, -0.05) is 119 Å². The maximum absolute atomic E-state index is 13.3. The van der Waals surface area contributed by atoms with Crippen LogP contribution < -0.4 is 21.9 Å². The van der Waals surface area contributed by atoms with E-state index in [1.807, 2.05) is 30.3 Å². The van der Waals surface area contributed by atoms with E-state index in [1.54, 1.807) is 12.1 Å². The molecule has 3 nitrogen and oxygen atoms in total. The molecular weight excluding hydrogens is 819 g/mol. The van der Waals surface area contributed by atoms with Gasteiger partial charge in [-0.15, -0.1) is 0 Å². The van der Waals surface area contributed by atoms with Crippen LogP contribution in [0.1, 0.15) is 27.8 Å². The quantitative estimate of drug-likeness (QED) is 0.0563. The standard InChI is InChI=1S/C28H16BF12.C14H11N2OS/c30-25(31,32)17-1-9-21(10-2-17)29(22-11-3-18(4-12-22)26(33,34)35,23-13-5-19(6-14-23)27(36,37)38)24-15-7-20(8-16-24)28(39,40)41;1-18(17,10-8-14(11-15)12-16)9-7-13-5-3-2-4-6-13/h1-16H;2-6,8H,10H2,1H3/q-1;+1. The Morgan fingerprint density at radius 2 is 0.814 bits per heavy atom. The molecule has 0 heterocycles. The molecular formula is C42H27BF12N2OS. The Bertz CT molecular complexity index is 2200. The van der Waals surface area contributed by atoms with Crippen molar-refractivity contribution in [2.75, 3.05) is 12.0 Å². The monoisotopic (exact) mass is 846 g/mol. The van der Waals surface area contributed by atoms with E-state index in [4.69, 9.17) is 10.5 Å². The number of rotatable bonds is 6. The molecule has 1 unspecified atom stereocenters. The summed E-state index contributed by atoms with van der Waals surface area (Å²) in [5.74, 6) is 2.94. The topological polar surface area (TPSA) is 64.7 Å². The minimum absolute atomic E-state index is 0.0114. The predicted molar refractivity (Wildman–Crippen MR) is 202 cm³/mol. The summed E-state index contributed by atoms with van der Waals surface area (Å²) in [6, 6.07) is 26.2. The van der Waals surface area contributed by atoms with Gasteiger partial charge in [-0.2, -0.15) is 85.1 Å². The lowest BCUT2D eigenvalue weighted by Gasteiger charge is -2.44. The Labute approximate surface area is 331 Å². The first kappa shape index (κ1) is 45.5. The molecule has 0 N–H and O–H groups in total. The maximum atomic E-state index is 13.3. The maximum Gasteiger partial charge on any atom is 0.416 e. The molecule has 1 atom stereocenters. The second-order valence-electron chi connectivity index (χ2n) is 13.0. The van der Waals surface area contributed by atoms with Crippen LogP contribution in [0.4, 0.5) is 52.7 Å². The highest BCUT2D eigenvalue weighted by molar-refractivity contribution is 8.06. The summed E-state index contributed by atoms with van der Waals surface area (Å²) in [6.07, 6.45) is -19.1. The average Bonchev–Trinajstić information content (AvgIpc) is 3.18. The first-order valence-electron chi connectivity index (χ1n) is 16.8. The highest BCUT2D eigenvalue weighted by Gasteiger charge is 2.38. The van der Waals surface area contributed by atoms with Gasteiger partial charge in [0.1, 0.15) is 35.9 Å². The number of nitrogens with zero attached hydrogens (tertiary/aromatic N) is 2.